The lowest BCUT2D eigenvalue weighted by Gasteiger charge is -2.40. The third kappa shape index (κ3) is 4.36. The number of carbonyl (C=O) groups excluding carboxylic acids is 2. The number of piperazine rings is 1. The van der Waals surface area contributed by atoms with Crippen molar-refractivity contribution in [3.8, 4) is 5.75 Å². The molecular formula is C20H28N2O4. The summed E-state index contributed by atoms with van der Waals surface area (Å²) < 4.78 is 5.56. The third-order valence-electron chi connectivity index (χ3n) is 5.36. The van der Waals surface area contributed by atoms with Crippen LogP contribution in [0.4, 0.5) is 0 Å². The smallest absolute Gasteiger partial charge is 0.255 e. The summed E-state index contributed by atoms with van der Waals surface area (Å²) in [6.07, 6.45) is 4.46. The van der Waals surface area contributed by atoms with Gasteiger partial charge >= 0.3 is 0 Å². The van der Waals surface area contributed by atoms with Gasteiger partial charge in [0.15, 0.2) is 6.10 Å². The van der Waals surface area contributed by atoms with Crippen molar-refractivity contribution in [3.63, 3.8) is 0 Å². The lowest BCUT2D eigenvalue weighted by molar-refractivity contribution is -0.153. The van der Waals surface area contributed by atoms with Gasteiger partial charge in [-0.1, -0.05) is 37.5 Å². The highest BCUT2D eigenvalue weighted by Crippen LogP contribution is 2.24. The van der Waals surface area contributed by atoms with Crippen LogP contribution in [0.25, 0.3) is 0 Å². The minimum Gasteiger partial charge on any atom is -0.490 e. The van der Waals surface area contributed by atoms with Gasteiger partial charge < -0.3 is 19.6 Å². The number of aryl methyl sites for hydroxylation is 1. The van der Waals surface area contributed by atoms with Gasteiger partial charge in [0, 0.05) is 19.1 Å². The number of para-hydroxylation sites is 1. The summed E-state index contributed by atoms with van der Waals surface area (Å²) in [5, 5.41) is 10.2. The predicted molar refractivity (Wildman–Crippen MR) is 97.8 cm³/mol. The number of ether oxygens (including phenoxy) is 1. The second kappa shape index (κ2) is 8.54. The first-order chi connectivity index (χ1) is 12.6. The maximum atomic E-state index is 12.5. The molecule has 6 heteroatoms. The molecule has 1 aromatic carbocycles. The van der Waals surface area contributed by atoms with E-state index in [0.29, 0.717) is 24.9 Å². The number of aliphatic hydroxyl groups is 1. The van der Waals surface area contributed by atoms with Gasteiger partial charge in [0.25, 0.3) is 5.91 Å². The quantitative estimate of drug-likeness (QED) is 0.868. The van der Waals surface area contributed by atoms with Gasteiger partial charge in [-0.15, -0.1) is 0 Å². The number of amides is 2. The second-order valence-corrected chi connectivity index (χ2v) is 7.23. The van der Waals surface area contributed by atoms with Crippen molar-refractivity contribution < 1.29 is 19.4 Å². The molecule has 0 radical (unpaired) electrons. The Morgan fingerprint density at radius 1 is 1.23 bits per heavy atom. The van der Waals surface area contributed by atoms with Crippen LogP contribution in [-0.2, 0) is 9.59 Å². The molecule has 1 aliphatic heterocycles. The average Bonchev–Trinajstić information content (AvgIpc) is 2.67. The Morgan fingerprint density at radius 2 is 1.96 bits per heavy atom. The standard InChI is InChI=1S/C20H28N2O4/c1-15-7-5-6-10-18(15)26-14-17(23)20(25)21-11-12-22(19(24)13-21)16-8-3-2-4-9-16/h5-7,10,16-17,23H,2-4,8-9,11-14H2,1H3/t17-/m0/s1. The molecule has 1 heterocycles. The third-order valence-corrected chi connectivity index (χ3v) is 5.36. The van der Waals surface area contributed by atoms with E-state index in [0.717, 1.165) is 18.4 Å². The molecule has 26 heavy (non-hydrogen) atoms. The largest absolute Gasteiger partial charge is 0.490 e. The maximum absolute atomic E-state index is 12.5. The minimum absolute atomic E-state index is 0.0106. The summed E-state index contributed by atoms with van der Waals surface area (Å²) in [7, 11) is 0. The summed E-state index contributed by atoms with van der Waals surface area (Å²) in [6, 6.07) is 7.79. The Bertz CT molecular complexity index is 642. The lowest BCUT2D eigenvalue weighted by Crippen LogP contribution is -2.57. The maximum Gasteiger partial charge on any atom is 0.255 e. The zero-order chi connectivity index (χ0) is 18.5. The number of rotatable bonds is 5. The van der Waals surface area contributed by atoms with E-state index in [1.54, 1.807) is 6.07 Å². The fourth-order valence-electron chi connectivity index (χ4n) is 3.82. The first-order valence-corrected chi connectivity index (χ1v) is 9.51. The average molecular weight is 360 g/mol. The molecule has 1 atom stereocenters. The molecule has 0 spiro atoms. The summed E-state index contributed by atoms with van der Waals surface area (Å²) in [5.74, 6) is 0.205. The summed E-state index contributed by atoms with van der Waals surface area (Å²) >= 11 is 0. The SMILES string of the molecule is Cc1ccccc1OC[C@H](O)C(=O)N1CCN(C2CCCCC2)C(=O)C1. The van der Waals surface area contributed by atoms with Gasteiger partial charge in [-0.3, -0.25) is 9.59 Å². The molecule has 1 aliphatic carbocycles. The van der Waals surface area contributed by atoms with E-state index < -0.39 is 12.0 Å². The molecule has 1 saturated heterocycles. The number of hydrogen-bond donors (Lipinski definition) is 1. The molecule has 1 N–H and O–H groups in total. The number of aliphatic hydroxyl groups excluding tert-OH is 1. The molecular weight excluding hydrogens is 332 g/mol. The second-order valence-electron chi connectivity index (χ2n) is 7.23. The van der Waals surface area contributed by atoms with Crippen molar-refractivity contribution in [3.05, 3.63) is 29.8 Å². The van der Waals surface area contributed by atoms with E-state index in [4.69, 9.17) is 4.74 Å². The number of benzene rings is 1. The monoisotopic (exact) mass is 360 g/mol. The Morgan fingerprint density at radius 3 is 2.65 bits per heavy atom. The van der Waals surface area contributed by atoms with Crippen molar-refractivity contribution in [2.45, 2.75) is 51.2 Å². The van der Waals surface area contributed by atoms with E-state index in [-0.39, 0.29) is 19.1 Å². The molecule has 1 aromatic rings. The van der Waals surface area contributed by atoms with Crippen LogP contribution in [0, 0.1) is 6.92 Å². The number of nitrogens with zero attached hydrogens (tertiary/aromatic N) is 2. The van der Waals surface area contributed by atoms with E-state index in [9.17, 15) is 14.7 Å². The molecule has 0 unspecified atom stereocenters. The predicted octanol–water partition coefficient (Wildman–Crippen LogP) is 1.74. The van der Waals surface area contributed by atoms with Crippen molar-refractivity contribution in [1.29, 1.82) is 0 Å². The van der Waals surface area contributed by atoms with Crippen LogP contribution < -0.4 is 4.74 Å². The van der Waals surface area contributed by atoms with E-state index in [2.05, 4.69) is 0 Å². The van der Waals surface area contributed by atoms with Gasteiger partial charge in [-0.05, 0) is 31.4 Å². The van der Waals surface area contributed by atoms with E-state index in [1.165, 1.54) is 24.2 Å². The highest BCUT2D eigenvalue weighted by atomic mass is 16.5. The molecule has 1 saturated carbocycles. The molecule has 2 amide bonds. The Balaban J connectivity index is 1.50. The molecule has 2 fully saturated rings. The number of hydrogen-bond acceptors (Lipinski definition) is 4. The molecule has 0 aromatic heterocycles. The van der Waals surface area contributed by atoms with Crippen LogP contribution in [-0.4, -0.2) is 65.1 Å². The zero-order valence-corrected chi connectivity index (χ0v) is 15.4. The highest BCUT2D eigenvalue weighted by molar-refractivity contribution is 5.88. The van der Waals surface area contributed by atoms with E-state index >= 15 is 0 Å². The van der Waals surface area contributed by atoms with Gasteiger partial charge in [-0.25, -0.2) is 0 Å². The fraction of sp³-hybridized carbons (Fsp3) is 0.600. The van der Waals surface area contributed by atoms with Crippen molar-refractivity contribution in [2.24, 2.45) is 0 Å². The summed E-state index contributed by atoms with van der Waals surface area (Å²) in [6.45, 7) is 2.88. The summed E-state index contributed by atoms with van der Waals surface area (Å²) in [5.41, 5.74) is 0.948. The molecule has 0 bridgehead atoms. The topological polar surface area (TPSA) is 70.1 Å². The van der Waals surface area contributed by atoms with Gasteiger partial charge in [0.2, 0.25) is 5.91 Å². The van der Waals surface area contributed by atoms with Crippen LogP contribution in [0.1, 0.15) is 37.7 Å². The first kappa shape index (κ1) is 18.7. The normalized spacial score (nSPS) is 20.2. The Kier molecular flexibility index (Phi) is 6.14. The van der Waals surface area contributed by atoms with Gasteiger partial charge in [0.05, 0.1) is 6.54 Å². The molecule has 3 rings (SSSR count). The van der Waals surface area contributed by atoms with Crippen molar-refractivity contribution >= 4 is 11.8 Å². The van der Waals surface area contributed by atoms with Crippen molar-refractivity contribution in [2.75, 3.05) is 26.2 Å². The molecule has 2 aliphatic rings. The number of carbonyl (C=O) groups is 2. The van der Waals surface area contributed by atoms with Gasteiger partial charge in [-0.2, -0.15) is 0 Å². The fourth-order valence-corrected chi connectivity index (χ4v) is 3.82. The van der Waals surface area contributed by atoms with Crippen LogP contribution in [0.15, 0.2) is 24.3 Å². The van der Waals surface area contributed by atoms with Crippen LogP contribution in [0.3, 0.4) is 0 Å². The van der Waals surface area contributed by atoms with Crippen molar-refractivity contribution in [1.82, 2.24) is 9.80 Å². The minimum atomic E-state index is -1.26. The first-order valence-electron chi connectivity index (χ1n) is 9.51. The lowest BCUT2D eigenvalue weighted by atomic mass is 9.93. The van der Waals surface area contributed by atoms with Gasteiger partial charge in [0.1, 0.15) is 12.4 Å². The Hall–Kier alpha value is -2.08. The van der Waals surface area contributed by atoms with E-state index in [1.807, 2.05) is 30.0 Å². The highest BCUT2D eigenvalue weighted by Gasteiger charge is 2.34. The molecule has 142 valence electrons. The van der Waals surface area contributed by atoms with Crippen LogP contribution in [0.2, 0.25) is 0 Å². The molecule has 6 nitrogen and oxygen atoms in total. The summed E-state index contributed by atoms with van der Waals surface area (Å²) in [4.78, 5) is 28.3. The Labute approximate surface area is 154 Å². The zero-order valence-electron chi connectivity index (χ0n) is 15.4. The van der Waals surface area contributed by atoms with Crippen LogP contribution >= 0.6 is 0 Å². The van der Waals surface area contributed by atoms with Crippen LogP contribution in [0.5, 0.6) is 5.75 Å².